The third-order valence-electron chi connectivity index (χ3n) is 1.82. The van der Waals surface area contributed by atoms with Crippen molar-refractivity contribution in [3.63, 3.8) is 0 Å². The summed E-state index contributed by atoms with van der Waals surface area (Å²) < 4.78 is 5.19. The van der Waals surface area contributed by atoms with Gasteiger partial charge in [-0.15, -0.1) is 12.4 Å². The summed E-state index contributed by atoms with van der Waals surface area (Å²) in [5.74, 6) is -0.395. The molecule has 1 unspecified atom stereocenters. The van der Waals surface area contributed by atoms with Crippen LogP contribution in [0.3, 0.4) is 0 Å². The molecule has 0 heterocycles. The summed E-state index contributed by atoms with van der Waals surface area (Å²) in [5.41, 5.74) is 6.04. The zero-order valence-electron chi connectivity index (χ0n) is 9.77. The third-order valence-corrected chi connectivity index (χ3v) is 1.82. The van der Waals surface area contributed by atoms with Crippen molar-refractivity contribution in [2.24, 2.45) is 5.73 Å². The highest BCUT2D eigenvalue weighted by Crippen LogP contribution is 2.15. The van der Waals surface area contributed by atoms with E-state index in [1.807, 2.05) is 51.1 Å². The van der Waals surface area contributed by atoms with Gasteiger partial charge in [0.25, 0.3) is 0 Å². The summed E-state index contributed by atoms with van der Waals surface area (Å²) in [5, 5.41) is 0. The van der Waals surface area contributed by atoms with Gasteiger partial charge in [-0.3, -0.25) is 0 Å². The summed E-state index contributed by atoms with van der Waals surface area (Å²) in [6.45, 7) is 5.47. The average molecular weight is 244 g/mol. The van der Waals surface area contributed by atoms with Crippen molar-refractivity contribution < 1.29 is 9.53 Å². The Labute approximate surface area is 102 Å². The molecule has 1 aromatic carbocycles. The van der Waals surface area contributed by atoms with Crippen molar-refractivity contribution in [2.45, 2.75) is 32.4 Å². The molecule has 0 bridgehead atoms. The second-order valence-corrected chi connectivity index (χ2v) is 4.42. The Hall–Kier alpha value is -1.06. The van der Waals surface area contributed by atoms with Crippen molar-refractivity contribution in [1.29, 1.82) is 0 Å². The lowest BCUT2D eigenvalue weighted by molar-refractivity contribution is -0.156. The first-order valence-electron chi connectivity index (χ1n) is 4.93. The molecule has 0 radical (unpaired) electrons. The predicted molar refractivity (Wildman–Crippen MR) is 66.5 cm³/mol. The summed E-state index contributed by atoms with van der Waals surface area (Å²) in [6, 6.07) is 8.50. The molecule has 3 nitrogen and oxygen atoms in total. The Morgan fingerprint density at radius 2 is 1.75 bits per heavy atom. The van der Waals surface area contributed by atoms with E-state index in [-0.39, 0.29) is 12.4 Å². The highest BCUT2D eigenvalue weighted by atomic mass is 35.5. The summed E-state index contributed by atoms with van der Waals surface area (Å²) in [6.07, 6.45) is 0. The maximum Gasteiger partial charge on any atom is 0.328 e. The average Bonchev–Trinajstić information content (AvgIpc) is 2.15. The molecular formula is C12H18ClNO2. The van der Waals surface area contributed by atoms with E-state index >= 15 is 0 Å². The van der Waals surface area contributed by atoms with Crippen molar-refractivity contribution in [1.82, 2.24) is 0 Å². The number of benzene rings is 1. The Kier molecular flexibility index (Phi) is 5.48. The summed E-state index contributed by atoms with van der Waals surface area (Å²) >= 11 is 0. The SMILES string of the molecule is CC(C)(C)OC(=O)C(N)c1ccccc1.Cl. The summed E-state index contributed by atoms with van der Waals surface area (Å²) in [7, 11) is 0. The fourth-order valence-electron chi connectivity index (χ4n) is 1.16. The van der Waals surface area contributed by atoms with Crippen LogP contribution in [-0.2, 0) is 9.53 Å². The van der Waals surface area contributed by atoms with E-state index in [9.17, 15) is 4.79 Å². The van der Waals surface area contributed by atoms with Crippen LogP contribution in [0, 0.1) is 0 Å². The van der Waals surface area contributed by atoms with Gasteiger partial charge in [0.2, 0.25) is 0 Å². The highest BCUT2D eigenvalue weighted by molar-refractivity contribution is 5.85. The fourth-order valence-corrected chi connectivity index (χ4v) is 1.16. The molecule has 0 aromatic heterocycles. The van der Waals surface area contributed by atoms with Crippen LogP contribution in [0.15, 0.2) is 30.3 Å². The van der Waals surface area contributed by atoms with Crippen LogP contribution in [0.4, 0.5) is 0 Å². The van der Waals surface area contributed by atoms with Crippen LogP contribution in [0.2, 0.25) is 0 Å². The predicted octanol–water partition coefficient (Wildman–Crippen LogP) is 2.45. The van der Waals surface area contributed by atoms with Crippen molar-refractivity contribution >= 4 is 18.4 Å². The Morgan fingerprint density at radius 1 is 1.25 bits per heavy atom. The molecule has 1 aromatic rings. The first-order valence-corrected chi connectivity index (χ1v) is 4.93. The van der Waals surface area contributed by atoms with Gasteiger partial charge in [-0.2, -0.15) is 0 Å². The lowest BCUT2D eigenvalue weighted by Crippen LogP contribution is -2.31. The molecule has 0 saturated heterocycles. The van der Waals surface area contributed by atoms with Gasteiger partial charge in [0.1, 0.15) is 11.6 Å². The number of carbonyl (C=O) groups is 1. The number of carbonyl (C=O) groups excluding carboxylic acids is 1. The second kappa shape index (κ2) is 5.87. The number of rotatable bonds is 2. The van der Waals surface area contributed by atoms with Gasteiger partial charge in [0, 0.05) is 0 Å². The molecule has 16 heavy (non-hydrogen) atoms. The largest absolute Gasteiger partial charge is 0.459 e. The molecule has 0 aliphatic rings. The zero-order chi connectivity index (χ0) is 11.5. The number of hydrogen-bond donors (Lipinski definition) is 1. The number of hydrogen-bond acceptors (Lipinski definition) is 3. The van der Waals surface area contributed by atoms with Crippen LogP contribution >= 0.6 is 12.4 Å². The molecule has 1 rings (SSSR count). The van der Waals surface area contributed by atoms with E-state index in [1.54, 1.807) is 0 Å². The van der Waals surface area contributed by atoms with Gasteiger partial charge in [-0.05, 0) is 26.3 Å². The van der Waals surface area contributed by atoms with Gasteiger partial charge in [0.15, 0.2) is 0 Å². The number of halogens is 1. The lowest BCUT2D eigenvalue weighted by atomic mass is 10.1. The molecule has 2 N–H and O–H groups in total. The monoisotopic (exact) mass is 243 g/mol. The highest BCUT2D eigenvalue weighted by Gasteiger charge is 2.22. The van der Waals surface area contributed by atoms with Crippen LogP contribution < -0.4 is 5.73 Å². The Balaban J connectivity index is 0.00000225. The molecular weight excluding hydrogens is 226 g/mol. The minimum Gasteiger partial charge on any atom is -0.459 e. The first kappa shape index (κ1) is 14.9. The van der Waals surface area contributed by atoms with Crippen LogP contribution in [0.1, 0.15) is 32.4 Å². The van der Waals surface area contributed by atoms with E-state index in [2.05, 4.69) is 0 Å². The molecule has 1 atom stereocenters. The van der Waals surface area contributed by atoms with Gasteiger partial charge < -0.3 is 10.5 Å². The topological polar surface area (TPSA) is 52.3 Å². The molecule has 0 fully saturated rings. The Bertz CT molecular complexity index is 333. The van der Waals surface area contributed by atoms with E-state index in [0.717, 1.165) is 5.56 Å². The summed E-state index contributed by atoms with van der Waals surface area (Å²) in [4.78, 5) is 11.6. The molecule has 0 aliphatic heterocycles. The van der Waals surface area contributed by atoms with Crippen molar-refractivity contribution in [3.8, 4) is 0 Å². The van der Waals surface area contributed by atoms with Gasteiger partial charge in [0.05, 0.1) is 0 Å². The minimum absolute atomic E-state index is 0. The molecule has 0 spiro atoms. The quantitative estimate of drug-likeness (QED) is 0.812. The molecule has 0 saturated carbocycles. The van der Waals surface area contributed by atoms with E-state index < -0.39 is 17.6 Å². The maximum atomic E-state index is 11.6. The standard InChI is InChI=1S/C12H17NO2.ClH/c1-12(2,3)15-11(14)10(13)9-7-5-4-6-8-9;/h4-8,10H,13H2,1-3H3;1H. The number of ether oxygens (including phenoxy) is 1. The van der Waals surface area contributed by atoms with Gasteiger partial charge in [-0.25, -0.2) is 4.79 Å². The minimum atomic E-state index is -0.703. The van der Waals surface area contributed by atoms with Gasteiger partial charge >= 0.3 is 5.97 Å². The van der Waals surface area contributed by atoms with E-state index in [0.29, 0.717) is 0 Å². The maximum absolute atomic E-state index is 11.6. The first-order chi connectivity index (χ1) is 6.90. The number of nitrogens with two attached hydrogens (primary N) is 1. The second-order valence-electron chi connectivity index (χ2n) is 4.42. The van der Waals surface area contributed by atoms with Crippen molar-refractivity contribution in [3.05, 3.63) is 35.9 Å². The van der Waals surface area contributed by atoms with E-state index in [4.69, 9.17) is 10.5 Å². The van der Waals surface area contributed by atoms with Crippen LogP contribution in [-0.4, -0.2) is 11.6 Å². The zero-order valence-corrected chi connectivity index (χ0v) is 10.6. The smallest absolute Gasteiger partial charge is 0.328 e. The molecule has 90 valence electrons. The van der Waals surface area contributed by atoms with Crippen LogP contribution in [0.25, 0.3) is 0 Å². The molecule has 4 heteroatoms. The fraction of sp³-hybridized carbons (Fsp3) is 0.417. The normalized spacial score (nSPS) is 12.5. The Morgan fingerprint density at radius 3 is 2.19 bits per heavy atom. The van der Waals surface area contributed by atoms with Crippen molar-refractivity contribution in [2.75, 3.05) is 0 Å². The van der Waals surface area contributed by atoms with Gasteiger partial charge in [-0.1, -0.05) is 30.3 Å². The molecule has 0 aliphatic carbocycles. The lowest BCUT2D eigenvalue weighted by Gasteiger charge is -2.22. The molecule has 0 amide bonds. The van der Waals surface area contributed by atoms with E-state index in [1.165, 1.54) is 0 Å². The number of esters is 1. The van der Waals surface area contributed by atoms with Crippen LogP contribution in [0.5, 0.6) is 0 Å². The third kappa shape index (κ3) is 4.64.